The smallest absolute Gasteiger partial charge is 0.336 e. The van der Waals surface area contributed by atoms with E-state index in [9.17, 15) is 74.7 Å². The second-order valence-corrected chi connectivity index (χ2v) is 17.9. The highest BCUT2D eigenvalue weighted by atomic mass is 16.6. The number of non-ortho nitro benzene ring substituents is 3. The van der Waals surface area contributed by atoms with Gasteiger partial charge in [-0.3, -0.25) is 40.1 Å². The number of hydrogen-bond acceptors (Lipinski definition) is 17. The van der Waals surface area contributed by atoms with E-state index in [1.807, 2.05) is 6.07 Å². The van der Waals surface area contributed by atoms with Gasteiger partial charge in [0.05, 0.1) is 78.3 Å². The van der Waals surface area contributed by atoms with Crippen molar-refractivity contribution in [2.24, 2.45) is 0 Å². The molecule has 0 aliphatic carbocycles. The van der Waals surface area contributed by atoms with Crippen LogP contribution in [0.1, 0.15) is 31.8 Å². The number of urea groups is 3. The molecule has 11 N–H and O–H groups in total. The first kappa shape index (κ1) is 62.5. The van der Waals surface area contributed by atoms with Gasteiger partial charge < -0.3 is 67.1 Å². The number of nitrogens with zero attached hydrogens (tertiary/aromatic N) is 4. The predicted molar refractivity (Wildman–Crippen MR) is 322 cm³/mol. The number of nitro benzene ring substituents is 3. The van der Waals surface area contributed by atoms with Gasteiger partial charge in [-0.2, -0.15) is 0 Å². The number of carboxylic acid groups (broad SMARTS) is 1. The lowest BCUT2D eigenvalue weighted by molar-refractivity contribution is -0.385. The van der Waals surface area contributed by atoms with Crippen LogP contribution in [0.5, 0.6) is 28.7 Å². The summed E-state index contributed by atoms with van der Waals surface area (Å²) in [5, 5.41) is 88.7. The summed E-state index contributed by atoms with van der Waals surface area (Å²) < 4.78 is 11.4. The average Bonchev–Trinajstić information content (AvgIpc) is 3.68. The second-order valence-electron chi connectivity index (χ2n) is 17.9. The maximum Gasteiger partial charge on any atom is 0.336 e. The lowest BCUT2D eigenvalue weighted by Crippen LogP contribution is -2.21. The zero-order valence-electron chi connectivity index (χ0n) is 45.4. The maximum absolute atomic E-state index is 12.3. The van der Waals surface area contributed by atoms with Crippen LogP contribution in [0.15, 0.2) is 207 Å². The van der Waals surface area contributed by atoms with E-state index < -0.39 is 56.1 Å². The molecular formula is C60H49N11O17. The van der Waals surface area contributed by atoms with Crippen molar-refractivity contribution in [3.63, 3.8) is 0 Å². The van der Waals surface area contributed by atoms with Crippen LogP contribution in [-0.2, 0) is 13.2 Å². The monoisotopic (exact) mass is 1200 g/mol. The molecule has 0 radical (unpaired) electrons. The Kier molecular flexibility index (Phi) is 21.5. The first-order valence-corrected chi connectivity index (χ1v) is 25.6. The number of amides is 7. The summed E-state index contributed by atoms with van der Waals surface area (Å²) in [6.45, 7) is 0.239. The number of aromatic carboxylic acids is 1. The number of benzene rings is 8. The molecule has 0 spiro atoms. The largest absolute Gasteiger partial charge is 0.506 e. The summed E-state index contributed by atoms with van der Waals surface area (Å²) in [4.78, 5) is 94.7. The van der Waals surface area contributed by atoms with E-state index in [-0.39, 0.29) is 58.8 Å². The Morgan fingerprint density at radius 1 is 0.420 bits per heavy atom. The van der Waals surface area contributed by atoms with E-state index in [2.05, 4.69) is 42.2 Å². The van der Waals surface area contributed by atoms with Crippen molar-refractivity contribution < 1.29 is 68.6 Å². The van der Waals surface area contributed by atoms with Crippen LogP contribution in [0, 0.1) is 30.3 Å². The SMILES string of the molecule is O=C(Nc1ccc([N+](=O)[O-])cc1O)Nc1ccccc1NC(=O)c1ccccc1.O=C(Nc1ccc([N+](=O)[O-])cc1O)Nc1ccccc1OCc1ccccc1C(=O)O.O=C(Nc1ccc([N+](=O)[O-])cc1O)Nc1ccccc1OCc1cccnc1. The number of nitro groups is 3. The molecule has 0 saturated heterocycles. The number of pyridine rings is 1. The standard InChI is InChI=1S/C21H17N3O7.C20H16N4O5.C19H16N4O5/c25-18-11-14(24(29)30)9-10-16(18)22-21(28)23-17-7-3-4-8-19(17)31-12-13-5-1-2-6-15(13)20(26)27;25-18-12-14(24(28)29)10-11-17(18)23-20(27)22-16-9-5-4-8-15(16)21-19(26)13-6-2-1-3-7-13;24-17-10-14(23(26)27)7-8-15(17)21-19(25)22-16-5-1-2-6-18(16)28-12-13-4-3-9-20-11-13/h1-11,25H,12H2,(H,26,27)(H2,22,23,28);1-12,25H,(H,21,26)(H2,22,23,27);1-11,24H,12H2,(H2,21,22,25). The fraction of sp³-hybridized carbons (Fsp3) is 0.0333. The number of anilines is 7. The second kappa shape index (κ2) is 30.2. The molecule has 0 saturated carbocycles. The van der Waals surface area contributed by atoms with Crippen LogP contribution in [0.3, 0.4) is 0 Å². The lowest BCUT2D eigenvalue weighted by Gasteiger charge is -2.14. The lowest BCUT2D eigenvalue weighted by atomic mass is 10.1. The van der Waals surface area contributed by atoms with Crippen molar-refractivity contribution in [1.82, 2.24) is 4.98 Å². The minimum absolute atomic E-state index is 0.00102. The molecule has 0 atom stereocenters. The van der Waals surface area contributed by atoms with Gasteiger partial charge in [-0.05, 0) is 78.9 Å². The Morgan fingerprint density at radius 2 is 0.807 bits per heavy atom. The van der Waals surface area contributed by atoms with E-state index in [1.165, 1.54) is 30.3 Å². The summed E-state index contributed by atoms with van der Waals surface area (Å²) >= 11 is 0. The summed E-state index contributed by atoms with van der Waals surface area (Å²) in [6.07, 6.45) is 3.34. The molecule has 28 nitrogen and oxygen atoms in total. The maximum atomic E-state index is 12.3. The van der Waals surface area contributed by atoms with Crippen LogP contribution in [-0.4, -0.2) is 70.1 Å². The fourth-order valence-corrected chi connectivity index (χ4v) is 7.58. The number of carbonyl (C=O) groups excluding carboxylic acids is 4. The Morgan fingerprint density at radius 3 is 1.24 bits per heavy atom. The van der Waals surface area contributed by atoms with Crippen LogP contribution in [0.25, 0.3) is 0 Å². The molecule has 0 bridgehead atoms. The van der Waals surface area contributed by atoms with Crippen molar-refractivity contribution in [2.45, 2.75) is 13.2 Å². The normalized spacial score (nSPS) is 10.1. The summed E-state index contributed by atoms with van der Waals surface area (Å²) in [7, 11) is 0. The molecule has 28 heteroatoms. The molecule has 446 valence electrons. The molecule has 9 aromatic rings. The quantitative estimate of drug-likeness (QED) is 0.0216. The fourth-order valence-electron chi connectivity index (χ4n) is 7.58. The number of phenolic OH excluding ortho intramolecular Hbond substituents is 3. The van der Waals surface area contributed by atoms with Gasteiger partial charge in [-0.25, -0.2) is 19.2 Å². The molecule has 0 aliphatic heterocycles. The highest BCUT2D eigenvalue weighted by Crippen LogP contribution is 2.33. The van der Waals surface area contributed by atoms with E-state index in [4.69, 9.17) is 9.47 Å². The number of nitrogens with one attached hydrogen (secondary N) is 7. The number of carboxylic acids is 1. The average molecular weight is 1200 g/mol. The third-order valence-electron chi connectivity index (χ3n) is 11.8. The minimum atomic E-state index is -1.08. The third kappa shape index (κ3) is 18.2. The number of aromatic hydroxyl groups is 3. The number of para-hydroxylation sites is 6. The van der Waals surface area contributed by atoms with Gasteiger partial charge in [0.1, 0.15) is 42.0 Å². The van der Waals surface area contributed by atoms with Gasteiger partial charge in [0.2, 0.25) is 0 Å². The number of ether oxygens (including phenoxy) is 2. The van der Waals surface area contributed by atoms with Gasteiger partial charge in [-0.15, -0.1) is 0 Å². The minimum Gasteiger partial charge on any atom is -0.506 e. The van der Waals surface area contributed by atoms with Gasteiger partial charge in [-0.1, -0.05) is 78.9 Å². The molecule has 7 amide bonds. The van der Waals surface area contributed by atoms with Crippen LogP contribution in [0.2, 0.25) is 0 Å². The van der Waals surface area contributed by atoms with E-state index in [0.29, 0.717) is 45.4 Å². The first-order chi connectivity index (χ1) is 42.3. The molecule has 1 heterocycles. The van der Waals surface area contributed by atoms with Gasteiger partial charge in [0.15, 0.2) is 0 Å². The number of aromatic nitrogens is 1. The van der Waals surface area contributed by atoms with Crippen molar-refractivity contribution >= 4 is 86.8 Å². The Bertz CT molecular complexity index is 4030. The molecule has 0 aliphatic rings. The number of phenols is 3. The number of carbonyl (C=O) groups is 5. The van der Waals surface area contributed by atoms with Crippen LogP contribution in [0.4, 0.5) is 71.3 Å². The van der Waals surface area contributed by atoms with Gasteiger partial charge in [0.25, 0.3) is 23.0 Å². The third-order valence-corrected chi connectivity index (χ3v) is 11.8. The van der Waals surface area contributed by atoms with E-state index in [0.717, 1.165) is 35.9 Å². The van der Waals surface area contributed by atoms with Crippen molar-refractivity contribution in [3.8, 4) is 28.7 Å². The summed E-state index contributed by atoms with van der Waals surface area (Å²) in [6, 6.07) is 46.6. The summed E-state index contributed by atoms with van der Waals surface area (Å²) in [5.74, 6) is -1.98. The van der Waals surface area contributed by atoms with Crippen LogP contribution >= 0.6 is 0 Å². The van der Waals surface area contributed by atoms with Crippen molar-refractivity contribution in [1.29, 1.82) is 0 Å². The Balaban J connectivity index is 0.000000189. The van der Waals surface area contributed by atoms with Crippen molar-refractivity contribution in [2.75, 3.05) is 37.2 Å². The zero-order chi connectivity index (χ0) is 63.1. The highest BCUT2D eigenvalue weighted by Gasteiger charge is 2.18. The molecule has 0 unspecified atom stereocenters. The number of rotatable bonds is 18. The summed E-state index contributed by atoms with van der Waals surface area (Å²) in [5.41, 5.74) is 2.46. The Labute approximate surface area is 497 Å². The molecule has 0 fully saturated rings. The number of hydrogen-bond donors (Lipinski definition) is 11. The highest BCUT2D eigenvalue weighted by molar-refractivity contribution is 6.09. The molecule has 9 rings (SSSR count). The van der Waals surface area contributed by atoms with E-state index >= 15 is 0 Å². The van der Waals surface area contributed by atoms with Gasteiger partial charge >= 0.3 is 24.1 Å². The topological polar surface area (TPSA) is 411 Å². The predicted octanol–water partition coefficient (Wildman–Crippen LogP) is 12.3. The molecule has 1 aromatic heterocycles. The molecule has 88 heavy (non-hydrogen) atoms. The first-order valence-electron chi connectivity index (χ1n) is 25.6. The van der Waals surface area contributed by atoms with E-state index in [1.54, 1.807) is 140 Å². The molecule has 8 aromatic carbocycles. The van der Waals surface area contributed by atoms with Crippen LogP contribution < -0.4 is 46.7 Å². The zero-order valence-corrected chi connectivity index (χ0v) is 45.4. The molecular weight excluding hydrogens is 1150 g/mol. The van der Waals surface area contributed by atoms with Gasteiger partial charge in [0, 0.05) is 47.3 Å². The Hall–Kier alpha value is -13.1. The van der Waals surface area contributed by atoms with Crippen molar-refractivity contribution in [3.05, 3.63) is 259 Å².